The molecule has 3 aliphatic heterocycles. The fourth-order valence-electron chi connectivity index (χ4n) is 6.67. The van der Waals surface area contributed by atoms with E-state index in [4.69, 9.17) is 0 Å². The maximum atomic E-state index is 14.0. The van der Waals surface area contributed by atoms with Crippen LogP contribution < -0.4 is 10.6 Å². The minimum Gasteiger partial charge on any atom is -0.357 e. The van der Waals surface area contributed by atoms with Crippen molar-refractivity contribution >= 4 is 23.6 Å². The van der Waals surface area contributed by atoms with Crippen LogP contribution in [0.4, 0.5) is 0 Å². The molecule has 5 atom stereocenters. The molecule has 3 aliphatic rings. The normalized spacial score (nSPS) is 26.0. The summed E-state index contributed by atoms with van der Waals surface area (Å²) in [6.07, 6.45) is 6.11. The standard InChI is InChI=1S/C30H54N6O4/c1-20(2)24(19-35-17-11-15-23(35)28(39)36-18-12-14-22(36)26(37)31-6)34(8)29(40)25(30(3,4)5)32-27(38)21-13-9-10-16-33(21)7/h20-25H,9-19H2,1-8H3,(H,31,37)(H,32,38)/t21-,22?,23+,24-,25?/m1/s1. The Kier molecular flexibility index (Phi) is 11.0. The van der Waals surface area contributed by atoms with E-state index in [1.165, 1.54) is 0 Å². The van der Waals surface area contributed by atoms with Gasteiger partial charge in [0.1, 0.15) is 12.1 Å². The lowest BCUT2D eigenvalue weighted by molar-refractivity contribution is -0.144. The molecule has 3 fully saturated rings. The van der Waals surface area contributed by atoms with Crippen LogP contribution in [-0.4, -0.2) is 121 Å². The molecule has 4 amide bonds. The molecule has 0 aromatic heterocycles. The van der Waals surface area contributed by atoms with Gasteiger partial charge in [0.05, 0.1) is 12.1 Å². The number of piperidine rings is 1. The van der Waals surface area contributed by atoms with E-state index < -0.39 is 17.5 Å². The average Bonchev–Trinajstić information content (AvgIpc) is 3.58. The highest BCUT2D eigenvalue weighted by Gasteiger charge is 2.43. The molecular weight excluding hydrogens is 508 g/mol. The van der Waals surface area contributed by atoms with Crippen LogP contribution >= 0.6 is 0 Å². The molecule has 10 nitrogen and oxygen atoms in total. The third-order valence-corrected chi connectivity index (χ3v) is 9.24. The molecule has 0 saturated carbocycles. The first-order chi connectivity index (χ1) is 18.8. The topological polar surface area (TPSA) is 105 Å². The lowest BCUT2D eigenvalue weighted by atomic mass is 9.84. The molecule has 0 spiro atoms. The quantitative estimate of drug-likeness (QED) is 0.443. The van der Waals surface area contributed by atoms with Crippen LogP contribution in [-0.2, 0) is 19.2 Å². The second-order valence-corrected chi connectivity index (χ2v) is 13.5. The van der Waals surface area contributed by atoms with Crippen molar-refractivity contribution in [3.05, 3.63) is 0 Å². The van der Waals surface area contributed by atoms with Gasteiger partial charge in [0.25, 0.3) is 0 Å². The summed E-state index contributed by atoms with van der Waals surface area (Å²) >= 11 is 0. The van der Waals surface area contributed by atoms with Crippen molar-refractivity contribution in [3.63, 3.8) is 0 Å². The van der Waals surface area contributed by atoms with E-state index in [2.05, 4.69) is 34.3 Å². The zero-order valence-corrected chi connectivity index (χ0v) is 26.2. The first-order valence-corrected chi connectivity index (χ1v) is 15.3. The van der Waals surface area contributed by atoms with Gasteiger partial charge < -0.3 is 20.4 Å². The van der Waals surface area contributed by atoms with Crippen LogP contribution in [0.1, 0.15) is 79.6 Å². The lowest BCUT2D eigenvalue weighted by Gasteiger charge is -2.41. The highest BCUT2D eigenvalue weighted by Crippen LogP contribution is 2.28. The third kappa shape index (κ3) is 7.35. The first kappa shape index (κ1) is 32.3. The number of hydrogen-bond donors (Lipinski definition) is 2. The summed E-state index contributed by atoms with van der Waals surface area (Å²) in [5.41, 5.74) is -0.466. The van der Waals surface area contributed by atoms with E-state index in [9.17, 15) is 19.2 Å². The van der Waals surface area contributed by atoms with Crippen molar-refractivity contribution < 1.29 is 19.2 Å². The molecule has 0 aromatic rings. The van der Waals surface area contributed by atoms with E-state index >= 15 is 0 Å². The highest BCUT2D eigenvalue weighted by molar-refractivity contribution is 5.91. The van der Waals surface area contributed by atoms with Gasteiger partial charge in [-0.2, -0.15) is 0 Å². The molecule has 0 aromatic carbocycles. The van der Waals surface area contributed by atoms with Gasteiger partial charge in [0.2, 0.25) is 23.6 Å². The van der Waals surface area contributed by atoms with Gasteiger partial charge >= 0.3 is 0 Å². The Bertz CT molecular complexity index is 918. The maximum Gasteiger partial charge on any atom is 0.245 e. The SMILES string of the molecule is CNC(=O)C1CCCN1C(=O)[C@@H]1CCCN1C[C@H](C(C)C)N(C)C(=O)C(NC(=O)[C@H]1CCCCN1C)C(C)(C)C. The monoisotopic (exact) mass is 562 g/mol. The number of likely N-dealkylation sites (tertiary alicyclic amines) is 3. The van der Waals surface area contributed by atoms with Crippen molar-refractivity contribution in [3.8, 4) is 0 Å². The van der Waals surface area contributed by atoms with Gasteiger partial charge in [-0.25, -0.2) is 0 Å². The molecule has 3 saturated heterocycles. The molecule has 228 valence electrons. The van der Waals surface area contributed by atoms with Gasteiger partial charge in [0, 0.05) is 33.2 Å². The van der Waals surface area contributed by atoms with E-state index in [1.807, 2.05) is 34.9 Å². The molecule has 0 bridgehead atoms. The summed E-state index contributed by atoms with van der Waals surface area (Å²) in [5.74, 6) is -0.103. The van der Waals surface area contributed by atoms with Gasteiger partial charge in [-0.3, -0.25) is 29.0 Å². The molecule has 0 radical (unpaired) electrons. The van der Waals surface area contributed by atoms with Crippen molar-refractivity contribution in [2.75, 3.05) is 47.3 Å². The number of nitrogens with one attached hydrogen (secondary N) is 2. The Labute approximate surface area is 241 Å². The van der Waals surface area contributed by atoms with Gasteiger partial charge in [-0.1, -0.05) is 41.0 Å². The Morgan fingerprint density at radius 3 is 2.10 bits per heavy atom. The number of carbonyl (C=O) groups is 4. The summed E-state index contributed by atoms with van der Waals surface area (Å²) < 4.78 is 0. The summed E-state index contributed by atoms with van der Waals surface area (Å²) in [4.78, 5) is 61.3. The molecule has 10 heteroatoms. The van der Waals surface area contributed by atoms with E-state index in [0.717, 1.165) is 51.6 Å². The van der Waals surface area contributed by atoms with Crippen molar-refractivity contribution in [2.24, 2.45) is 11.3 Å². The van der Waals surface area contributed by atoms with E-state index in [1.54, 1.807) is 16.8 Å². The zero-order chi connectivity index (χ0) is 29.8. The highest BCUT2D eigenvalue weighted by atomic mass is 16.2. The molecule has 3 heterocycles. The van der Waals surface area contributed by atoms with Crippen LogP contribution in [0.25, 0.3) is 0 Å². The Morgan fingerprint density at radius 1 is 0.875 bits per heavy atom. The molecule has 0 aliphatic carbocycles. The Morgan fingerprint density at radius 2 is 1.50 bits per heavy atom. The van der Waals surface area contributed by atoms with E-state index in [0.29, 0.717) is 19.5 Å². The predicted molar refractivity (Wildman–Crippen MR) is 156 cm³/mol. The minimum absolute atomic E-state index is 0.0246. The predicted octanol–water partition coefficient (Wildman–Crippen LogP) is 1.69. The summed E-state index contributed by atoms with van der Waals surface area (Å²) in [5, 5.41) is 5.83. The number of likely N-dealkylation sites (N-methyl/N-ethyl adjacent to an activating group) is 3. The average molecular weight is 563 g/mol. The molecule has 2 N–H and O–H groups in total. The first-order valence-electron chi connectivity index (χ1n) is 15.3. The zero-order valence-electron chi connectivity index (χ0n) is 26.2. The minimum atomic E-state index is -0.657. The van der Waals surface area contributed by atoms with Crippen molar-refractivity contribution in [1.82, 2.24) is 30.2 Å². The van der Waals surface area contributed by atoms with Crippen molar-refractivity contribution in [2.45, 2.75) is 110 Å². The fraction of sp³-hybridized carbons (Fsp3) is 0.867. The Hall–Kier alpha value is -2.20. The number of hydrogen-bond acceptors (Lipinski definition) is 6. The van der Waals surface area contributed by atoms with Crippen molar-refractivity contribution in [1.29, 1.82) is 0 Å². The Balaban J connectivity index is 1.74. The smallest absolute Gasteiger partial charge is 0.245 e. The molecular formula is C30H54N6O4. The van der Waals surface area contributed by atoms with Crippen LogP contribution in [0.2, 0.25) is 0 Å². The molecule has 2 unspecified atom stereocenters. The van der Waals surface area contributed by atoms with Crippen LogP contribution in [0.3, 0.4) is 0 Å². The maximum absolute atomic E-state index is 14.0. The number of carbonyl (C=O) groups excluding carboxylic acids is 4. The van der Waals surface area contributed by atoms with Gasteiger partial charge in [-0.05, 0) is 70.0 Å². The summed E-state index contributed by atoms with van der Waals surface area (Å²) in [6, 6.07) is -1.68. The largest absolute Gasteiger partial charge is 0.357 e. The number of amides is 4. The van der Waals surface area contributed by atoms with Crippen LogP contribution in [0.15, 0.2) is 0 Å². The van der Waals surface area contributed by atoms with Gasteiger partial charge in [0.15, 0.2) is 0 Å². The molecule has 3 rings (SSSR count). The van der Waals surface area contributed by atoms with Crippen LogP contribution in [0, 0.1) is 11.3 Å². The second-order valence-electron chi connectivity index (χ2n) is 13.5. The van der Waals surface area contributed by atoms with E-state index in [-0.39, 0.29) is 47.7 Å². The summed E-state index contributed by atoms with van der Waals surface area (Å²) in [6.45, 7) is 13.0. The lowest BCUT2D eigenvalue weighted by Crippen LogP contribution is -2.61. The second kappa shape index (κ2) is 13.6. The third-order valence-electron chi connectivity index (χ3n) is 9.24. The number of rotatable bonds is 9. The van der Waals surface area contributed by atoms with Gasteiger partial charge in [-0.15, -0.1) is 0 Å². The number of nitrogens with zero attached hydrogens (tertiary/aromatic N) is 4. The fourth-order valence-corrected chi connectivity index (χ4v) is 6.67. The van der Waals surface area contributed by atoms with Crippen LogP contribution in [0.5, 0.6) is 0 Å². The molecule has 40 heavy (non-hydrogen) atoms. The summed E-state index contributed by atoms with van der Waals surface area (Å²) in [7, 11) is 5.43.